The molecule has 0 saturated heterocycles. The van der Waals surface area contributed by atoms with Gasteiger partial charge >= 0.3 is 11.9 Å². The summed E-state index contributed by atoms with van der Waals surface area (Å²) in [7, 11) is 0. The van der Waals surface area contributed by atoms with Crippen LogP contribution in [0.15, 0.2) is 30.3 Å². The van der Waals surface area contributed by atoms with Crippen LogP contribution in [0.5, 0.6) is 0 Å². The molecule has 102 valence electrons. The summed E-state index contributed by atoms with van der Waals surface area (Å²) in [6, 6.07) is 9.67. The Hall–Kier alpha value is -2.16. The largest absolute Gasteiger partial charge is 0.386 e. The van der Waals surface area contributed by atoms with Crippen molar-refractivity contribution in [1.29, 1.82) is 0 Å². The summed E-state index contributed by atoms with van der Waals surface area (Å²) < 4.78 is 4.64. The van der Waals surface area contributed by atoms with Crippen LogP contribution in [-0.2, 0) is 10.2 Å². The van der Waals surface area contributed by atoms with E-state index in [1.165, 1.54) is 5.56 Å². The number of rotatable bonds is 2. The van der Waals surface area contributed by atoms with Gasteiger partial charge in [-0.25, -0.2) is 9.59 Å². The second-order valence-electron chi connectivity index (χ2n) is 5.87. The van der Waals surface area contributed by atoms with Crippen molar-refractivity contribution in [3.05, 3.63) is 47.0 Å². The molecule has 1 heterocycles. The summed E-state index contributed by atoms with van der Waals surface area (Å²) in [5, 5.41) is 1.92. The maximum absolute atomic E-state index is 11.6. The first-order valence-corrected chi connectivity index (χ1v) is 6.77. The molecule has 3 rings (SSSR count). The number of carbonyl (C=O) groups is 2. The molecule has 2 aromatic rings. The molecule has 20 heavy (non-hydrogen) atoms. The number of fused-ring (bicyclic) bond motifs is 2. The van der Waals surface area contributed by atoms with Crippen LogP contribution in [0.4, 0.5) is 0 Å². The van der Waals surface area contributed by atoms with E-state index in [-0.39, 0.29) is 5.41 Å². The zero-order chi connectivity index (χ0) is 14.5. The Balaban J connectivity index is 2.22. The van der Waals surface area contributed by atoms with Crippen molar-refractivity contribution in [3.63, 3.8) is 0 Å². The van der Waals surface area contributed by atoms with E-state index in [2.05, 4.69) is 37.6 Å². The average Bonchev–Trinajstić information content (AvgIpc) is 2.71. The highest BCUT2D eigenvalue weighted by molar-refractivity contribution is 6.17. The molecular formula is C17H16O3. The summed E-state index contributed by atoms with van der Waals surface area (Å²) in [5.74, 6) is -1.10. The summed E-state index contributed by atoms with van der Waals surface area (Å²) in [6.07, 6.45) is 1.03. The Morgan fingerprint density at radius 1 is 0.950 bits per heavy atom. The zero-order valence-electron chi connectivity index (χ0n) is 11.8. The fourth-order valence-electron chi connectivity index (χ4n) is 2.45. The van der Waals surface area contributed by atoms with Crippen molar-refractivity contribution in [2.45, 2.75) is 32.6 Å². The normalized spacial score (nSPS) is 14.6. The highest BCUT2D eigenvalue weighted by Gasteiger charge is 2.30. The van der Waals surface area contributed by atoms with Gasteiger partial charge in [0, 0.05) is 0 Å². The molecule has 0 unspecified atom stereocenters. The van der Waals surface area contributed by atoms with Crippen molar-refractivity contribution < 1.29 is 14.3 Å². The van der Waals surface area contributed by atoms with Gasteiger partial charge in [0.05, 0.1) is 11.1 Å². The summed E-state index contributed by atoms with van der Waals surface area (Å²) in [6.45, 7) is 6.54. The Morgan fingerprint density at radius 3 is 2.15 bits per heavy atom. The predicted molar refractivity (Wildman–Crippen MR) is 77.0 cm³/mol. The first-order chi connectivity index (χ1) is 9.42. The van der Waals surface area contributed by atoms with Gasteiger partial charge in [-0.05, 0) is 40.3 Å². The van der Waals surface area contributed by atoms with E-state index < -0.39 is 11.9 Å². The fraction of sp³-hybridized carbons (Fsp3) is 0.294. The summed E-state index contributed by atoms with van der Waals surface area (Å²) >= 11 is 0. The Bertz CT molecular complexity index is 741. The third kappa shape index (κ3) is 1.82. The number of cyclic esters (lactones) is 2. The molecule has 0 radical (unpaired) electrons. The molecule has 0 aliphatic carbocycles. The monoisotopic (exact) mass is 268 g/mol. The van der Waals surface area contributed by atoms with Crippen LogP contribution in [0, 0.1) is 0 Å². The number of hydrogen-bond donors (Lipinski definition) is 0. The Morgan fingerprint density at radius 2 is 1.55 bits per heavy atom. The predicted octanol–water partition coefficient (Wildman–Crippen LogP) is 3.84. The Labute approximate surface area is 117 Å². The van der Waals surface area contributed by atoms with E-state index in [1.807, 2.05) is 6.07 Å². The van der Waals surface area contributed by atoms with Gasteiger partial charge in [-0.1, -0.05) is 39.0 Å². The molecule has 3 heteroatoms. The minimum Gasteiger partial charge on any atom is -0.386 e. The van der Waals surface area contributed by atoms with Crippen molar-refractivity contribution >= 4 is 22.7 Å². The molecule has 0 fully saturated rings. The third-order valence-electron chi connectivity index (χ3n) is 4.27. The molecule has 0 spiro atoms. The van der Waals surface area contributed by atoms with Gasteiger partial charge in [0.15, 0.2) is 0 Å². The van der Waals surface area contributed by atoms with E-state index in [9.17, 15) is 9.59 Å². The molecule has 2 aromatic carbocycles. The fourth-order valence-corrected chi connectivity index (χ4v) is 2.45. The maximum Gasteiger partial charge on any atom is 0.346 e. The van der Waals surface area contributed by atoms with Gasteiger partial charge in [0.25, 0.3) is 0 Å². The molecule has 1 aliphatic rings. The van der Waals surface area contributed by atoms with Crippen LogP contribution in [-0.4, -0.2) is 11.9 Å². The van der Waals surface area contributed by atoms with Gasteiger partial charge in [-0.15, -0.1) is 0 Å². The lowest BCUT2D eigenvalue weighted by Gasteiger charge is -2.23. The van der Waals surface area contributed by atoms with E-state index in [1.54, 1.807) is 12.1 Å². The number of hydrogen-bond acceptors (Lipinski definition) is 3. The van der Waals surface area contributed by atoms with Gasteiger partial charge in [-0.3, -0.25) is 0 Å². The molecule has 0 amide bonds. The molecule has 1 aliphatic heterocycles. The quantitative estimate of drug-likeness (QED) is 0.614. The number of carbonyl (C=O) groups excluding carboxylic acids is 2. The second-order valence-corrected chi connectivity index (χ2v) is 5.87. The highest BCUT2D eigenvalue weighted by atomic mass is 16.6. The minimum atomic E-state index is -0.551. The van der Waals surface area contributed by atoms with Crippen LogP contribution in [0.1, 0.15) is 53.5 Å². The number of esters is 2. The summed E-state index contributed by atoms with van der Waals surface area (Å²) in [4.78, 5) is 23.2. The molecule has 0 aromatic heterocycles. The molecular weight excluding hydrogens is 252 g/mol. The van der Waals surface area contributed by atoms with Gasteiger partial charge in [0.2, 0.25) is 0 Å². The van der Waals surface area contributed by atoms with Crippen molar-refractivity contribution in [1.82, 2.24) is 0 Å². The lowest BCUT2D eigenvalue weighted by atomic mass is 9.81. The molecule has 0 N–H and O–H groups in total. The average molecular weight is 268 g/mol. The van der Waals surface area contributed by atoms with Crippen molar-refractivity contribution in [2.75, 3.05) is 0 Å². The highest BCUT2D eigenvalue weighted by Crippen LogP contribution is 2.32. The van der Waals surface area contributed by atoms with Crippen LogP contribution in [0.3, 0.4) is 0 Å². The van der Waals surface area contributed by atoms with Gasteiger partial charge < -0.3 is 4.74 Å². The first kappa shape index (κ1) is 12.9. The third-order valence-corrected chi connectivity index (χ3v) is 4.27. The van der Waals surface area contributed by atoms with Crippen LogP contribution in [0.2, 0.25) is 0 Å². The Kier molecular flexibility index (Phi) is 2.68. The van der Waals surface area contributed by atoms with Gasteiger partial charge in [0.1, 0.15) is 0 Å². The van der Waals surface area contributed by atoms with Crippen molar-refractivity contribution in [3.8, 4) is 0 Å². The standard InChI is InChI=1S/C17H16O3/c1-4-17(2,3)12-6-5-10-8-13-14(9-11(10)7-12)16(19)20-15(13)18/h5-9H,4H2,1-3H3. The van der Waals surface area contributed by atoms with Crippen LogP contribution < -0.4 is 0 Å². The van der Waals surface area contributed by atoms with E-state index in [0.29, 0.717) is 11.1 Å². The zero-order valence-corrected chi connectivity index (χ0v) is 11.8. The number of ether oxygens (including phenoxy) is 1. The van der Waals surface area contributed by atoms with E-state index in [4.69, 9.17) is 0 Å². The number of benzene rings is 2. The lowest BCUT2D eigenvalue weighted by Crippen LogP contribution is -2.15. The lowest BCUT2D eigenvalue weighted by molar-refractivity contribution is 0.0444. The molecule has 0 bridgehead atoms. The summed E-state index contributed by atoms with van der Waals surface area (Å²) in [5.41, 5.74) is 2.05. The molecule has 0 atom stereocenters. The maximum atomic E-state index is 11.6. The van der Waals surface area contributed by atoms with Crippen LogP contribution >= 0.6 is 0 Å². The second kappa shape index (κ2) is 4.17. The van der Waals surface area contributed by atoms with Gasteiger partial charge in [-0.2, -0.15) is 0 Å². The van der Waals surface area contributed by atoms with E-state index >= 15 is 0 Å². The SMILES string of the molecule is CCC(C)(C)c1ccc2cc3c(cc2c1)C(=O)OC3=O. The smallest absolute Gasteiger partial charge is 0.346 e. The molecule has 0 saturated carbocycles. The first-order valence-electron chi connectivity index (χ1n) is 6.77. The van der Waals surface area contributed by atoms with Crippen LogP contribution in [0.25, 0.3) is 10.8 Å². The molecule has 3 nitrogen and oxygen atoms in total. The van der Waals surface area contributed by atoms with E-state index in [0.717, 1.165) is 17.2 Å². The van der Waals surface area contributed by atoms with Crippen molar-refractivity contribution in [2.24, 2.45) is 0 Å². The topological polar surface area (TPSA) is 43.4 Å². The minimum absolute atomic E-state index is 0.0868.